The zero-order valence-corrected chi connectivity index (χ0v) is 8.51. The maximum absolute atomic E-state index is 5.87. The van der Waals surface area contributed by atoms with Crippen molar-refractivity contribution in [3.8, 4) is 0 Å². The summed E-state index contributed by atoms with van der Waals surface area (Å²) in [6.07, 6.45) is 7.24. The lowest BCUT2D eigenvalue weighted by atomic mass is 10.1. The number of hydrogen-bond donors (Lipinski definition) is 1. The van der Waals surface area contributed by atoms with Gasteiger partial charge in [0.15, 0.2) is 0 Å². The molecule has 1 atom stereocenters. The standard InChI is InChI=1S/C10H23NO/c1-3-7-10(11)8-5-4-6-9-12-2/h10H,3-9,11H2,1-2H3. The van der Waals surface area contributed by atoms with Gasteiger partial charge in [-0.2, -0.15) is 0 Å². The van der Waals surface area contributed by atoms with Gasteiger partial charge >= 0.3 is 0 Å². The first-order valence-corrected chi connectivity index (χ1v) is 5.05. The summed E-state index contributed by atoms with van der Waals surface area (Å²) in [6.45, 7) is 3.08. The third-order valence-electron chi connectivity index (χ3n) is 2.08. The summed E-state index contributed by atoms with van der Waals surface area (Å²) in [5, 5.41) is 0. The van der Waals surface area contributed by atoms with E-state index in [9.17, 15) is 0 Å². The van der Waals surface area contributed by atoms with Crippen molar-refractivity contribution in [1.29, 1.82) is 0 Å². The molecule has 0 saturated carbocycles. The molecule has 12 heavy (non-hydrogen) atoms. The van der Waals surface area contributed by atoms with Crippen molar-refractivity contribution >= 4 is 0 Å². The summed E-state index contributed by atoms with van der Waals surface area (Å²) in [5.74, 6) is 0. The molecule has 0 spiro atoms. The Kier molecular flexibility index (Phi) is 8.95. The first-order valence-electron chi connectivity index (χ1n) is 5.05. The molecule has 0 aromatic rings. The Hall–Kier alpha value is -0.0800. The molecule has 1 unspecified atom stereocenters. The minimum atomic E-state index is 0.428. The zero-order valence-electron chi connectivity index (χ0n) is 8.51. The molecular weight excluding hydrogens is 150 g/mol. The van der Waals surface area contributed by atoms with Crippen LogP contribution in [0.5, 0.6) is 0 Å². The van der Waals surface area contributed by atoms with Gasteiger partial charge in [0.25, 0.3) is 0 Å². The molecule has 0 bridgehead atoms. The van der Waals surface area contributed by atoms with Gasteiger partial charge in [0.1, 0.15) is 0 Å². The van der Waals surface area contributed by atoms with Crippen LogP contribution in [-0.4, -0.2) is 19.8 Å². The molecule has 0 aliphatic carbocycles. The second kappa shape index (κ2) is 9.01. The van der Waals surface area contributed by atoms with E-state index in [0.29, 0.717) is 6.04 Å². The fourth-order valence-electron chi connectivity index (χ4n) is 1.34. The molecule has 2 heteroatoms. The Morgan fingerprint density at radius 1 is 1.17 bits per heavy atom. The van der Waals surface area contributed by atoms with Gasteiger partial charge in [-0.1, -0.05) is 26.2 Å². The largest absolute Gasteiger partial charge is 0.385 e. The fourth-order valence-corrected chi connectivity index (χ4v) is 1.34. The van der Waals surface area contributed by atoms with E-state index in [0.717, 1.165) is 6.61 Å². The number of hydrogen-bond acceptors (Lipinski definition) is 2. The molecule has 74 valence electrons. The summed E-state index contributed by atoms with van der Waals surface area (Å²) in [6, 6.07) is 0.428. The molecule has 0 aliphatic heterocycles. The molecule has 0 rings (SSSR count). The average Bonchev–Trinajstić information content (AvgIpc) is 2.05. The summed E-state index contributed by atoms with van der Waals surface area (Å²) in [7, 11) is 1.75. The molecule has 2 nitrogen and oxygen atoms in total. The molecule has 0 heterocycles. The second-order valence-corrected chi connectivity index (χ2v) is 3.39. The van der Waals surface area contributed by atoms with E-state index < -0.39 is 0 Å². The number of methoxy groups -OCH3 is 1. The van der Waals surface area contributed by atoms with Gasteiger partial charge < -0.3 is 10.5 Å². The maximum Gasteiger partial charge on any atom is 0.0462 e. The fraction of sp³-hybridized carbons (Fsp3) is 1.00. The summed E-state index contributed by atoms with van der Waals surface area (Å²) in [4.78, 5) is 0. The Morgan fingerprint density at radius 2 is 1.92 bits per heavy atom. The topological polar surface area (TPSA) is 35.2 Å². The lowest BCUT2D eigenvalue weighted by Crippen LogP contribution is -2.18. The van der Waals surface area contributed by atoms with E-state index in [1.807, 2.05) is 0 Å². The van der Waals surface area contributed by atoms with Gasteiger partial charge in [0.2, 0.25) is 0 Å². The SMILES string of the molecule is CCCC(N)CCCCCOC. The van der Waals surface area contributed by atoms with Gasteiger partial charge in [0.05, 0.1) is 0 Å². The normalized spacial score (nSPS) is 13.2. The molecule has 0 saturated heterocycles. The molecular formula is C10H23NO. The van der Waals surface area contributed by atoms with E-state index in [4.69, 9.17) is 10.5 Å². The van der Waals surface area contributed by atoms with Crippen molar-refractivity contribution in [1.82, 2.24) is 0 Å². The van der Waals surface area contributed by atoms with Gasteiger partial charge in [-0.15, -0.1) is 0 Å². The van der Waals surface area contributed by atoms with Gasteiger partial charge in [-0.25, -0.2) is 0 Å². The lowest BCUT2D eigenvalue weighted by Gasteiger charge is -2.08. The summed E-state index contributed by atoms with van der Waals surface area (Å²) in [5.41, 5.74) is 5.87. The predicted octanol–water partition coefficient (Wildman–Crippen LogP) is 2.32. The number of unbranched alkanes of at least 4 members (excludes halogenated alkanes) is 2. The van der Waals surface area contributed by atoms with E-state index >= 15 is 0 Å². The van der Waals surface area contributed by atoms with Crippen molar-refractivity contribution in [2.75, 3.05) is 13.7 Å². The molecule has 0 aromatic heterocycles. The summed E-state index contributed by atoms with van der Waals surface area (Å²) < 4.78 is 4.97. The third-order valence-corrected chi connectivity index (χ3v) is 2.08. The van der Waals surface area contributed by atoms with Crippen molar-refractivity contribution in [2.24, 2.45) is 5.73 Å². The van der Waals surface area contributed by atoms with Gasteiger partial charge in [-0.3, -0.25) is 0 Å². The molecule has 0 fully saturated rings. The van der Waals surface area contributed by atoms with Crippen LogP contribution >= 0.6 is 0 Å². The quantitative estimate of drug-likeness (QED) is 0.572. The number of rotatable bonds is 8. The molecule has 0 aromatic carbocycles. The second-order valence-electron chi connectivity index (χ2n) is 3.39. The van der Waals surface area contributed by atoms with Gasteiger partial charge in [0, 0.05) is 19.8 Å². The van der Waals surface area contributed by atoms with Crippen molar-refractivity contribution in [3.63, 3.8) is 0 Å². The van der Waals surface area contributed by atoms with E-state index in [1.165, 1.54) is 38.5 Å². The van der Waals surface area contributed by atoms with E-state index in [-0.39, 0.29) is 0 Å². The Labute approximate surface area is 76.5 Å². The highest BCUT2D eigenvalue weighted by Gasteiger charge is 1.99. The van der Waals surface area contributed by atoms with E-state index in [2.05, 4.69) is 6.92 Å². The molecule has 0 amide bonds. The molecule has 0 radical (unpaired) electrons. The van der Waals surface area contributed by atoms with Crippen LogP contribution in [0.15, 0.2) is 0 Å². The minimum absolute atomic E-state index is 0.428. The van der Waals surface area contributed by atoms with E-state index in [1.54, 1.807) is 7.11 Å². The minimum Gasteiger partial charge on any atom is -0.385 e. The Morgan fingerprint density at radius 3 is 2.50 bits per heavy atom. The lowest BCUT2D eigenvalue weighted by molar-refractivity contribution is 0.191. The van der Waals surface area contributed by atoms with Crippen LogP contribution in [0.3, 0.4) is 0 Å². The summed E-state index contributed by atoms with van der Waals surface area (Å²) >= 11 is 0. The van der Waals surface area contributed by atoms with Crippen molar-refractivity contribution in [3.05, 3.63) is 0 Å². The van der Waals surface area contributed by atoms with Crippen LogP contribution in [0.2, 0.25) is 0 Å². The highest BCUT2D eigenvalue weighted by molar-refractivity contribution is 4.59. The van der Waals surface area contributed by atoms with Crippen LogP contribution < -0.4 is 5.73 Å². The maximum atomic E-state index is 5.87. The molecule has 2 N–H and O–H groups in total. The third kappa shape index (κ3) is 8.02. The van der Waals surface area contributed by atoms with Gasteiger partial charge in [-0.05, 0) is 19.3 Å². The highest BCUT2D eigenvalue weighted by Crippen LogP contribution is 2.05. The Balaban J connectivity index is 2.97. The highest BCUT2D eigenvalue weighted by atomic mass is 16.5. The van der Waals surface area contributed by atoms with Crippen molar-refractivity contribution in [2.45, 2.75) is 51.5 Å². The van der Waals surface area contributed by atoms with Crippen molar-refractivity contribution < 1.29 is 4.74 Å². The first kappa shape index (κ1) is 11.9. The van der Waals surface area contributed by atoms with Crippen LogP contribution in [0, 0.1) is 0 Å². The number of nitrogens with two attached hydrogens (primary N) is 1. The Bertz CT molecular complexity index is 85.9. The van der Waals surface area contributed by atoms with Crippen LogP contribution in [0.25, 0.3) is 0 Å². The predicted molar refractivity (Wildman–Crippen MR) is 53.2 cm³/mol. The monoisotopic (exact) mass is 173 g/mol. The van der Waals surface area contributed by atoms with Crippen LogP contribution in [0.4, 0.5) is 0 Å². The molecule has 0 aliphatic rings. The zero-order chi connectivity index (χ0) is 9.23. The smallest absolute Gasteiger partial charge is 0.0462 e. The number of ether oxygens (including phenoxy) is 1. The average molecular weight is 173 g/mol. The first-order chi connectivity index (χ1) is 5.81. The van der Waals surface area contributed by atoms with Crippen LogP contribution in [0.1, 0.15) is 45.4 Å². The van der Waals surface area contributed by atoms with Crippen LogP contribution in [-0.2, 0) is 4.74 Å².